The van der Waals surface area contributed by atoms with Crippen LogP contribution in [0.4, 0.5) is 26.3 Å². The van der Waals surface area contributed by atoms with Crippen molar-refractivity contribution in [1.82, 2.24) is 0 Å². The third kappa shape index (κ3) is 5.30. The Bertz CT molecular complexity index is 590. The van der Waals surface area contributed by atoms with Crippen LogP contribution in [0.25, 0.3) is 0 Å². The van der Waals surface area contributed by atoms with E-state index in [1.165, 1.54) is 12.1 Å². The molecule has 0 spiro atoms. The monoisotopic (exact) mass is 400 g/mol. The van der Waals surface area contributed by atoms with Gasteiger partial charge in [0, 0.05) is 0 Å². The standard InChI is InChI=1S/C19H26F6O2/c1-15(2,3)14(16(4,5)6)12-7-9-13(10-8-12)27-11-17(26,18(20,21)22)19(23,24)25/h7-10,14,26H,11H2,1-6H3. The topological polar surface area (TPSA) is 29.5 Å². The van der Waals surface area contributed by atoms with Gasteiger partial charge in [-0.05, 0) is 34.4 Å². The molecule has 0 aliphatic heterocycles. The summed E-state index contributed by atoms with van der Waals surface area (Å²) in [6.45, 7) is 10.4. The van der Waals surface area contributed by atoms with Crippen molar-refractivity contribution >= 4 is 0 Å². The van der Waals surface area contributed by atoms with Crippen LogP contribution in [0.15, 0.2) is 24.3 Å². The summed E-state index contributed by atoms with van der Waals surface area (Å²) in [6, 6.07) is 5.87. The molecule has 0 atom stereocenters. The second kappa shape index (κ2) is 7.18. The molecule has 2 nitrogen and oxygen atoms in total. The molecule has 1 aromatic carbocycles. The summed E-state index contributed by atoms with van der Waals surface area (Å²) >= 11 is 0. The molecule has 0 aliphatic carbocycles. The fourth-order valence-electron chi connectivity index (χ4n) is 3.57. The number of halogens is 6. The van der Waals surface area contributed by atoms with Gasteiger partial charge in [-0.2, -0.15) is 26.3 Å². The highest BCUT2D eigenvalue weighted by molar-refractivity contribution is 5.31. The fourth-order valence-corrected chi connectivity index (χ4v) is 3.57. The van der Waals surface area contributed by atoms with Crippen LogP contribution >= 0.6 is 0 Å². The summed E-state index contributed by atoms with van der Waals surface area (Å²) in [5, 5.41) is 9.13. The highest BCUT2D eigenvalue weighted by Gasteiger charge is 2.71. The van der Waals surface area contributed by atoms with E-state index in [0.717, 1.165) is 5.56 Å². The van der Waals surface area contributed by atoms with Crippen molar-refractivity contribution in [1.29, 1.82) is 0 Å². The van der Waals surface area contributed by atoms with Gasteiger partial charge in [0.1, 0.15) is 12.4 Å². The van der Waals surface area contributed by atoms with Crippen molar-refractivity contribution in [3.63, 3.8) is 0 Å². The molecule has 156 valence electrons. The van der Waals surface area contributed by atoms with Crippen LogP contribution in [0, 0.1) is 10.8 Å². The third-order valence-electron chi connectivity index (χ3n) is 4.33. The highest BCUT2D eigenvalue weighted by Crippen LogP contribution is 2.47. The van der Waals surface area contributed by atoms with Gasteiger partial charge in [-0.25, -0.2) is 0 Å². The lowest BCUT2D eigenvalue weighted by Gasteiger charge is -2.41. The Morgan fingerprint density at radius 1 is 0.778 bits per heavy atom. The minimum atomic E-state index is -5.91. The number of rotatable bonds is 4. The number of ether oxygens (including phenoxy) is 1. The molecule has 0 amide bonds. The maximum Gasteiger partial charge on any atom is 0.429 e. The van der Waals surface area contributed by atoms with Crippen molar-refractivity contribution in [2.45, 2.75) is 65.4 Å². The highest BCUT2D eigenvalue weighted by atomic mass is 19.4. The largest absolute Gasteiger partial charge is 0.490 e. The van der Waals surface area contributed by atoms with Crippen LogP contribution in [0.3, 0.4) is 0 Å². The average Bonchev–Trinajstić information content (AvgIpc) is 2.40. The Morgan fingerprint density at radius 3 is 1.44 bits per heavy atom. The van der Waals surface area contributed by atoms with E-state index in [-0.39, 0.29) is 22.5 Å². The molecular weight excluding hydrogens is 374 g/mol. The molecule has 0 saturated carbocycles. The lowest BCUT2D eigenvalue weighted by Crippen LogP contribution is -2.60. The van der Waals surface area contributed by atoms with Crippen LogP contribution in [0.5, 0.6) is 5.75 Å². The van der Waals surface area contributed by atoms with E-state index in [2.05, 4.69) is 46.3 Å². The zero-order valence-electron chi connectivity index (χ0n) is 16.2. The molecule has 0 aromatic heterocycles. The molecular formula is C19H26F6O2. The zero-order valence-corrected chi connectivity index (χ0v) is 16.2. The van der Waals surface area contributed by atoms with Crippen LogP contribution < -0.4 is 4.74 Å². The molecule has 0 aliphatic rings. The number of hydrogen-bond acceptors (Lipinski definition) is 2. The van der Waals surface area contributed by atoms with Gasteiger partial charge in [0.2, 0.25) is 0 Å². The molecule has 1 N–H and O–H groups in total. The second-order valence-corrected chi connectivity index (χ2v) is 8.88. The molecule has 0 heterocycles. The Hall–Kier alpha value is -1.44. The van der Waals surface area contributed by atoms with E-state index in [0.29, 0.717) is 0 Å². The summed E-state index contributed by atoms with van der Waals surface area (Å²) in [5.41, 5.74) is -4.27. The first-order valence-electron chi connectivity index (χ1n) is 8.39. The molecule has 1 rings (SSSR count). The molecule has 1 aromatic rings. The van der Waals surface area contributed by atoms with Gasteiger partial charge in [0.25, 0.3) is 5.60 Å². The first kappa shape index (κ1) is 23.6. The lowest BCUT2D eigenvalue weighted by molar-refractivity contribution is -0.373. The molecule has 0 fully saturated rings. The Labute approximate surface area is 155 Å². The summed E-state index contributed by atoms with van der Waals surface area (Å²) in [7, 11) is 0. The van der Waals surface area contributed by atoms with Gasteiger partial charge in [0.05, 0.1) is 0 Å². The van der Waals surface area contributed by atoms with Crippen molar-refractivity contribution < 1.29 is 36.2 Å². The van der Waals surface area contributed by atoms with Gasteiger partial charge < -0.3 is 9.84 Å². The van der Waals surface area contributed by atoms with Gasteiger partial charge in [-0.15, -0.1) is 0 Å². The predicted octanol–water partition coefficient (Wildman–Crippen LogP) is 6.10. The van der Waals surface area contributed by atoms with Gasteiger partial charge in [-0.3, -0.25) is 0 Å². The van der Waals surface area contributed by atoms with Gasteiger partial charge >= 0.3 is 12.4 Å². The number of benzene rings is 1. The number of alkyl halides is 6. The smallest absolute Gasteiger partial charge is 0.429 e. The van der Waals surface area contributed by atoms with E-state index < -0.39 is 24.6 Å². The number of hydrogen-bond donors (Lipinski definition) is 1. The van der Waals surface area contributed by atoms with Gasteiger partial charge in [-0.1, -0.05) is 53.7 Å². The van der Waals surface area contributed by atoms with E-state index in [1.54, 1.807) is 12.1 Å². The van der Waals surface area contributed by atoms with Crippen molar-refractivity contribution in [2.75, 3.05) is 6.61 Å². The quantitative estimate of drug-likeness (QED) is 0.619. The minimum absolute atomic E-state index is 0.0846. The Kier molecular flexibility index (Phi) is 6.28. The van der Waals surface area contributed by atoms with Crippen LogP contribution in [0.2, 0.25) is 0 Å². The van der Waals surface area contributed by atoms with E-state index >= 15 is 0 Å². The summed E-state index contributed by atoms with van der Waals surface area (Å²) in [5.74, 6) is -0.103. The molecule has 0 radical (unpaired) electrons. The molecule has 0 bridgehead atoms. The Balaban J connectivity index is 3.07. The van der Waals surface area contributed by atoms with Crippen molar-refractivity contribution in [2.24, 2.45) is 10.8 Å². The predicted molar refractivity (Wildman–Crippen MR) is 90.6 cm³/mol. The molecule has 27 heavy (non-hydrogen) atoms. The number of aliphatic hydroxyl groups is 1. The summed E-state index contributed by atoms with van der Waals surface area (Å²) in [6.07, 6.45) is -11.8. The van der Waals surface area contributed by atoms with E-state index in [4.69, 9.17) is 5.11 Å². The van der Waals surface area contributed by atoms with Crippen LogP contribution in [-0.2, 0) is 0 Å². The molecule has 0 unspecified atom stereocenters. The normalized spacial score (nSPS) is 14.6. The summed E-state index contributed by atoms with van der Waals surface area (Å²) in [4.78, 5) is 0. The zero-order chi connectivity index (χ0) is 21.5. The van der Waals surface area contributed by atoms with E-state index in [9.17, 15) is 26.3 Å². The van der Waals surface area contributed by atoms with Crippen molar-refractivity contribution in [3.05, 3.63) is 29.8 Å². The maximum absolute atomic E-state index is 12.7. The first-order chi connectivity index (χ1) is 11.8. The van der Waals surface area contributed by atoms with E-state index in [1.807, 2.05) is 0 Å². The maximum atomic E-state index is 12.7. The minimum Gasteiger partial charge on any atom is -0.490 e. The summed E-state index contributed by atoms with van der Waals surface area (Å²) < 4.78 is 80.8. The molecule has 0 saturated heterocycles. The van der Waals surface area contributed by atoms with Gasteiger partial charge in [0.15, 0.2) is 0 Å². The Morgan fingerprint density at radius 2 is 1.15 bits per heavy atom. The first-order valence-corrected chi connectivity index (χ1v) is 8.39. The SMILES string of the molecule is CC(C)(C)C(c1ccc(OCC(O)(C(F)(F)F)C(F)(F)F)cc1)C(C)(C)C. The fraction of sp³-hybridized carbons (Fsp3) is 0.684. The average molecular weight is 400 g/mol. The third-order valence-corrected chi connectivity index (χ3v) is 4.33. The molecule has 8 heteroatoms. The second-order valence-electron chi connectivity index (χ2n) is 8.88. The lowest BCUT2D eigenvalue weighted by atomic mass is 9.64. The van der Waals surface area contributed by atoms with Crippen LogP contribution in [-0.4, -0.2) is 29.7 Å². The van der Waals surface area contributed by atoms with Crippen molar-refractivity contribution in [3.8, 4) is 5.75 Å². The van der Waals surface area contributed by atoms with Crippen LogP contribution in [0.1, 0.15) is 53.0 Å².